The number of nitrogens with zero attached hydrogens (tertiary/aromatic N) is 2. The van der Waals surface area contributed by atoms with Gasteiger partial charge < -0.3 is 10.2 Å². The summed E-state index contributed by atoms with van der Waals surface area (Å²) in [5.41, 5.74) is 4.24. The first kappa shape index (κ1) is 11.1. The first-order chi connectivity index (χ1) is 8.40. The average Bonchev–Trinajstić information content (AvgIpc) is 2.88. The summed E-state index contributed by atoms with van der Waals surface area (Å²) in [4.78, 5) is 0. The molecule has 0 saturated carbocycles. The summed E-state index contributed by atoms with van der Waals surface area (Å²) in [7, 11) is 0. The second-order valence-corrected chi connectivity index (χ2v) is 3.48. The Morgan fingerprint density at radius 1 is 1.18 bits per heavy atom. The van der Waals surface area contributed by atoms with Crippen molar-refractivity contribution in [1.29, 1.82) is 5.26 Å². The number of nitriles is 1. The minimum absolute atomic E-state index is 0.0700. The SMILES string of the molecule is N#CCOc1ccccc1CNn1cccc1. The fraction of sp³-hybridized carbons (Fsp3) is 0.154. The smallest absolute Gasteiger partial charge is 0.174 e. The largest absolute Gasteiger partial charge is 0.478 e. The van der Waals surface area contributed by atoms with Gasteiger partial charge in [0.15, 0.2) is 6.61 Å². The first-order valence-corrected chi connectivity index (χ1v) is 5.34. The molecule has 4 nitrogen and oxygen atoms in total. The van der Waals surface area contributed by atoms with Crippen molar-refractivity contribution in [3.63, 3.8) is 0 Å². The molecule has 0 aliphatic carbocycles. The van der Waals surface area contributed by atoms with E-state index in [0.29, 0.717) is 6.54 Å². The standard InChI is InChI=1S/C13H13N3O/c14-7-10-17-13-6-2-1-5-12(13)11-15-16-8-3-4-9-16/h1-6,8-9,15H,10-11H2. The highest BCUT2D eigenvalue weighted by Gasteiger charge is 2.01. The van der Waals surface area contributed by atoms with Crippen molar-refractivity contribution in [2.75, 3.05) is 12.0 Å². The molecule has 0 radical (unpaired) electrons. The summed E-state index contributed by atoms with van der Waals surface area (Å²) in [5.74, 6) is 0.744. The van der Waals surface area contributed by atoms with Crippen molar-refractivity contribution in [1.82, 2.24) is 4.68 Å². The first-order valence-electron chi connectivity index (χ1n) is 5.34. The van der Waals surface area contributed by atoms with E-state index in [1.807, 2.05) is 59.5 Å². The minimum atomic E-state index is 0.0700. The molecule has 1 heterocycles. The van der Waals surface area contributed by atoms with E-state index < -0.39 is 0 Å². The number of nitrogens with one attached hydrogen (secondary N) is 1. The van der Waals surface area contributed by atoms with Crippen molar-refractivity contribution in [3.05, 3.63) is 54.4 Å². The van der Waals surface area contributed by atoms with Crippen molar-refractivity contribution in [3.8, 4) is 11.8 Å². The van der Waals surface area contributed by atoms with Crippen LogP contribution in [0.4, 0.5) is 0 Å². The molecule has 86 valence electrons. The van der Waals surface area contributed by atoms with Crippen molar-refractivity contribution < 1.29 is 4.74 Å². The molecule has 1 N–H and O–H groups in total. The number of ether oxygens (including phenoxy) is 1. The van der Waals surface area contributed by atoms with Crippen LogP contribution in [-0.2, 0) is 6.54 Å². The lowest BCUT2D eigenvalue weighted by molar-refractivity contribution is 0.364. The minimum Gasteiger partial charge on any atom is -0.478 e. The molecule has 0 atom stereocenters. The van der Waals surface area contributed by atoms with Crippen LogP contribution in [0.5, 0.6) is 5.75 Å². The van der Waals surface area contributed by atoms with Gasteiger partial charge in [-0.2, -0.15) is 5.26 Å². The Balaban J connectivity index is 2.02. The highest BCUT2D eigenvalue weighted by molar-refractivity contribution is 5.34. The van der Waals surface area contributed by atoms with Gasteiger partial charge in [-0.3, -0.25) is 4.68 Å². The van der Waals surface area contributed by atoms with Crippen LogP contribution >= 0.6 is 0 Å². The summed E-state index contributed by atoms with van der Waals surface area (Å²) < 4.78 is 7.22. The van der Waals surface area contributed by atoms with E-state index in [9.17, 15) is 0 Å². The van der Waals surface area contributed by atoms with Crippen LogP contribution in [0.3, 0.4) is 0 Å². The van der Waals surface area contributed by atoms with Gasteiger partial charge in [0.1, 0.15) is 11.8 Å². The molecule has 2 rings (SSSR count). The van der Waals surface area contributed by atoms with Gasteiger partial charge in [0.05, 0.1) is 6.54 Å². The summed E-state index contributed by atoms with van der Waals surface area (Å²) in [6.45, 7) is 0.719. The Kier molecular flexibility index (Phi) is 3.66. The number of benzene rings is 1. The maximum Gasteiger partial charge on any atom is 0.174 e. The Hall–Kier alpha value is -2.41. The average molecular weight is 227 g/mol. The predicted molar refractivity (Wildman–Crippen MR) is 65.0 cm³/mol. The van der Waals surface area contributed by atoms with Gasteiger partial charge in [0, 0.05) is 18.0 Å². The van der Waals surface area contributed by atoms with Crippen LogP contribution in [0.1, 0.15) is 5.56 Å². The van der Waals surface area contributed by atoms with Crippen molar-refractivity contribution in [2.24, 2.45) is 0 Å². The Morgan fingerprint density at radius 3 is 2.71 bits per heavy atom. The van der Waals surface area contributed by atoms with Crippen molar-refractivity contribution >= 4 is 0 Å². The lowest BCUT2D eigenvalue weighted by Gasteiger charge is -2.11. The van der Waals surface area contributed by atoms with E-state index in [1.165, 1.54) is 0 Å². The number of rotatable bonds is 5. The molecule has 0 unspecified atom stereocenters. The van der Waals surface area contributed by atoms with Gasteiger partial charge >= 0.3 is 0 Å². The van der Waals surface area contributed by atoms with Gasteiger partial charge in [0.2, 0.25) is 0 Å². The molecule has 0 spiro atoms. The molecule has 0 bridgehead atoms. The van der Waals surface area contributed by atoms with Gasteiger partial charge in [-0.25, -0.2) is 0 Å². The van der Waals surface area contributed by atoms with Crippen LogP contribution in [0.15, 0.2) is 48.8 Å². The van der Waals surface area contributed by atoms with E-state index in [0.717, 1.165) is 11.3 Å². The van der Waals surface area contributed by atoms with E-state index in [4.69, 9.17) is 10.00 Å². The molecule has 17 heavy (non-hydrogen) atoms. The van der Waals surface area contributed by atoms with Gasteiger partial charge in [-0.05, 0) is 18.2 Å². The third-order valence-corrected chi connectivity index (χ3v) is 2.32. The Labute approximate surface area is 100 Å². The normalized spacial score (nSPS) is 9.59. The molecular weight excluding hydrogens is 214 g/mol. The predicted octanol–water partition coefficient (Wildman–Crippen LogP) is 2.13. The van der Waals surface area contributed by atoms with Crippen molar-refractivity contribution in [2.45, 2.75) is 6.54 Å². The number of hydrogen-bond acceptors (Lipinski definition) is 3. The zero-order valence-corrected chi connectivity index (χ0v) is 9.34. The fourth-order valence-electron chi connectivity index (χ4n) is 1.52. The van der Waals surface area contributed by atoms with E-state index >= 15 is 0 Å². The zero-order chi connectivity index (χ0) is 11.9. The van der Waals surface area contributed by atoms with Gasteiger partial charge in [-0.15, -0.1) is 0 Å². The van der Waals surface area contributed by atoms with E-state index in [1.54, 1.807) is 0 Å². The van der Waals surface area contributed by atoms with E-state index in [2.05, 4.69) is 5.43 Å². The Bertz CT molecular complexity index is 500. The van der Waals surface area contributed by atoms with Crippen LogP contribution < -0.4 is 10.2 Å². The van der Waals surface area contributed by atoms with Crippen LogP contribution in [-0.4, -0.2) is 11.3 Å². The highest BCUT2D eigenvalue weighted by atomic mass is 16.5. The molecule has 0 amide bonds. The van der Waals surface area contributed by atoms with E-state index in [-0.39, 0.29) is 6.61 Å². The molecular formula is C13H13N3O. The maximum absolute atomic E-state index is 8.50. The lowest BCUT2D eigenvalue weighted by Crippen LogP contribution is -2.12. The molecule has 1 aromatic heterocycles. The monoisotopic (exact) mass is 227 g/mol. The molecule has 0 saturated heterocycles. The quantitative estimate of drug-likeness (QED) is 0.851. The summed E-state index contributed by atoms with van der Waals surface area (Å²) in [6, 6.07) is 13.5. The zero-order valence-electron chi connectivity index (χ0n) is 9.34. The molecule has 1 aromatic carbocycles. The van der Waals surface area contributed by atoms with Gasteiger partial charge in [0.25, 0.3) is 0 Å². The molecule has 0 fully saturated rings. The lowest BCUT2D eigenvalue weighted by atomic mass is 10.2. The van der Waals surface area contributed by atoms with Crippen LogP contribution in [0, 0.1) is 11.3 Å². The topological polar surface area (TPSA) is 50.0 Å². The molecule has 0 aliphatic rings. The third-order valence-electron chi connectivity index (χ3n) is 2.32. The van der Waals surface area contributed by atoms with Crippen LogP contribution in [0.25, 0.3) is 0 Å². The second kappa shape index (κ2) is 5.61. The fourth-order valence-corrected chi connectivity index (χ4v) is 1.52. The number of aromatic nitrogens is 1. The summed E-state index contributed by atoms with van der Waals surface area (Å²) >= 11 is 0. The third kappa shape index (κ3) is 3.02. The summed E-state index contributed by atoms with van der Waals surface area (Å²) in [6.07, 6.45) is 3.86. The molecule has 4 heteroatoms. The highest BCUT2D eigenvalue weighted by Crippen LogP contribution is 2.17. The second-order valence-electron chi connectivity index (χ2n) is 3.48. The number of para-hydroxylation sites is 1. The number of hydrogen-bond donors (Lipinski definition) is 1. The summed E-state index contributed by atoms with van der Waals surface area (Å²) in [5, 5.41) is 8.50. The Morgan fingerprint density at radius 2 is 1.94 bits per heavy atom. The molecule has 0 aliphatic heterocycles. The van der Waals surface area contributed by atoms with Gasteiger partial charge in [-0.1, -0.05) is 18.2 Å². The maximum atomic E-state index is 8.50. The molecule has 2 aromatic rings. The van der Waals surface area contributed by atoms with Crippen LogP contribution in [0.2, 0.25) is 0 Å².